The van der Waals surface area contributed by atoms with Crippen molar-refractivity contribution in [1.29, 1.82) is 0 Å². The van der Waals surface area contributed by atoms with Crippen LogP contribution < -0.4 is 4.68 Å². The minimum absolute atomic E-state index is 0.498. The number of aliphatic hydroxyl groups is 1. The quantitative estimate of drug-likeness (QED) is 0.496. The second-order valence-electron chi connectivity index (χ2n) is 5.23. The van der Waals surface area contributed by atoms with E-state index in [1.54, 1.807) is 7.05 Å². The summed E-state index contributed by atoms with van der Waals surface area (Å²) < 4.78 is 1.92. The van der Waals surface area contributed by atoms with Crippen LogP contribution in [0.25, 0.3) is 0 Å². The van der Waals surface area contributed by atoms with Gasteiger partial charge in [-0.05, 0) is 43.9 Å². The molecule has 1 heterocycles. The summed E-state index contributed by atoms with van der Waals surface area (Å²) in [5.74, 6) is 0.750. The Balaban J connectivity index is 0.00000106. The summed E-state index contributed by atoms with van der Waals surface area (Å²) in [6, 6.07) is 0. The highest BCUT2D eigenvalue weighted by Crippen LogP contribution is 2.35. The predicted octanol–water partition coefficient (Wildman–Crippen LogP) is 2.35. The Morgan fingerprint density at radius 2 is 2.05 bits per heavy atom. The summed E-state index contributed by atoms with van der Waals surface area (Å²) in [6.45, 7) is 6.56. The SMILES string of the molecule is CN=C(/C=C(\C)C1CC1)C[n+]1[nH]c(C)c(N=O)c1C.CO. The van der Waals surface area contributed by atoms with Gasteiger partial charge >= 0.3 is 0 Å². The van der Waals surface area contributed by atoms with Crippen molar-refractivity contribution in [2.75, 3.05) is 14.2 Å². The summed E-state index contributed by atoms with van der Waals surface area (Å²) in [6.07, 6.45) is 4.76. The zero-order valence-corrected chi connectivity index (χ0v) is 13.5. The van der Waals surface area contributed by atoms with Crippen molar-refractivity contribution in [2.24, 2.45) is 16.1 Å². The van der Waals surface area contributed by atoms with Gasteiger partial charge in [-0.3, -0.25) is 4.99 Å². The Bertz CT molecular complexity index is 554. The highest BCUT2D eigenvalue weighted by atomic mass is 16.3. The summed E-state index contributed by atoms with van der Waals surface area (Å²) in [5.41, 5.74) is 4.56. The molecule has 0 unspecified atom stereocenters. The number of rotatable bonds is 5. The number of nitrogens with zero attached hydrogens (tertiary/aromatic N) is 3. The van der Waals surface area contributed by atoms with Crippen molar-refractivity contribution in [3.05, 3.63) is 27.9 Å². The lowest BCUT2D eigenvalue weighted by Gasteiger charge is -1.99. The highest BCUT2D eigenvalue weighted by molar-refractivity contribution is 5.94. The van der Waals surface area contributed by atoms with Gasteiger partial charge in [0.2, 0.25) is 17.9 Å². The molecular formula is C15H25N4O2+. The molecule has 1 aromatic rings. The summed E-state index contributed by atoms with van der Waals surface area (Å²) >= 11 is 0. The average Bonchev–Trinajstić information content (AvgIpc) is 3.29. The van der Waals surface area contributed by atoms with E-state index in [-0.39, 0.29) is 0 Å². The van der Waals surface area contributed by atoms with Gasteiger partial charge in [-0.1, -0.05) is 5.57 Å². The van der Waals surface area contributed by atoms with Crippen LogP contribution in [0.3, 0.4) is 0 Å². The van der Waals surface area contributed by atoms with E-state index in [4.69, 9.17) is 5.11 Å². The second kappa shape index (κ2) is 7.83. The lowest BCUT2D eigenvalue weighted by Crippen LogP contribution is -2.41. The molecule has 1 aliphatic rings. The molecule has 21 heavy (non-hydrogen) atoms. The third-order valence-electron chi connectivity index (χ3n) is 3.72. The van der Waals surface area contributed by atoms with Gasteiger partial charge < -0.3 is 5.11 Å². The van der Waals surface area contributed by atoms with Crippen molar-refractivity contribution in [2.45, 2.75) is 40.2 Å². The molecule has 0 radical (unpaired) electrons. The Morgan fingerprint density at radius 3 is 2.48 bits per heavy atom. The van der Waals surface area contributed by atoms with E-state index in [2.05, 4.69) is 28.3 Å². The van der Waals surface area contributed by atoms with Gasteiger partial charge in [0, 0.05) is 21.1 Å². The molecule has 2 N–H and O–H groups in total. The van der Waals surface area contributed by atoms with E-state index in [1.165, 1.54) is 18.4 Å². The molecule has 6 heteroatoms. The van der Waals surface area contributed by atoms with Crippen LogP contribution in [0.15, 0.2) is 21.8 Å². The third kappa shape index (κ3) is 4.32. The largest absolute Gasteiger partial charge is 0.400 e. The van der Waals surface area contributed by atoms with Gasteiger partial charge in [-0.25, -0.2) is 0 Å². The number of hydrogen-bond donors (Lipinski definition) is 2. The number of aromatic amines is 1. The first-order valence-corrected chi connectivity index (χ1v) is 7.07. The Hall–Kier alpha value is -1.82. The molecule has 2 rings (SSSR count). The monoisotopic (exact) mass is 293 g/mol. The van der Waals surface area contributed by atoms with Gasteiger partial charge in [0.15, 0.2) is 0 Å². The molecule has 0 aromatic carbocycles. The number of aromatic nitrogens is 2. The molecule has 116 valence electrons. The molecular weight excluding hydrogens is 268 g/mol. The number of nitrogens with one attached hydrogen (secondary N) is 1. The maximum absolute atomic E-state index is 10.8. The number of H-pyrrole nitrogens is 1. The van der Waals surface area contributed by atoms with Crippen LogP contribution in [-0.4, -0.2) is 30.1 Å². The first-order chi connectivity index (χ1) is 10.1. The standard InChI is InChI=1S/C14H20N4O.CH4O/c1-9(12-5-6-12)7-13(15-4)8-18-11(3)14(17-19)10(2)16-18;1-2/h7,12H,5-6,8H2,1-4H3;2H,1H3/p+1/b9-7+,15-13?;. The normalized spacial score (nSPS) is 15.5. The fraction of sp³-hybridized carbons (Fsp3) is 0.600. The van der Waals surface area contributed by atoms with Crippen LogP contribution in [0.2, 0.25) is 0 Å². The van der Waals surface area contributed by atoms with E-state index in [0.717, 1.165) is 30.1 Å². The molecule has 1 saturated carbocycles. The van der Waals surface area contributed by atoms with E-state index in [1.807, 2.05) is 18.5 Å². The molecule has 0 aliphatic heterocycles. The van der Waals surface area contributed by atoms with Gasteiger partial charge in [-0.15, -0.1) is 9.59 Å². The smallest absolute Gasteiger partial charge is 0.234 e. The summed E-state index contributed by atoms with van der Waals surface area (Å²) in [5, 5.41) is 13.2. The molecule has 0 atom stereocenters. The van der Waals surface area contributed by atoms with Gasteiger partial charge in [-0.2, -0.15) is 5.10 Å². The maximum atomic E-state index is 10.8. The van der Waals surface area contributed by atoms with Crippen LogP contribution in [0.1, 0.15) is 31.2 Å². The van der Waals surface area contributed by atoms with Crippen LogP contribution in [0, 0.1) is 24.7 Å². The van der Waals surface area contributed by atoms with Gasteiger partial charge in [0.1, 0.15) is 11.4 Å². The molecule has 6 nitrogen and oxygen atoms in total. The van der Waals surface area contributed by atoms with Crippen molar-refractivity contribution in [1.82, 2.24) is 5.10 Å². The third-order valence-corrected chi connectivity index (χ3v) is 3.72. The lowest BCUT2D eigenvalue weighted by atomic mass is 10.1. The molecule has 1 aliphatic carbocycles. The molecule has 1 aromatic heterocycles. The van der Waals surface area contributed by atoms with Crippen LogP contribution in [0.5, 0.6) is 0 Å². The zero-order chi connectivity index (χ0) is 16.0. The highest BCUT2D eigenvalue weighted by Gasteiger charge is 2.24. The number of hydrogen-bond acceptors (Lipinski definition) is 4. The number of aliphatic hydroxyl groups excluding tert-OH is 1. The maximum Gasteiger partial charge on any atom is 0.234 e. The number of allylic oxidation sites excluding steroid dienone is 2. The first-order valence-electron chi connectivity index (χ1n) is 7.07. The van der Waals surface area contributed by atoms with Crippen molar-refractivity contribution in [3.8, 4) is 0 Å². The molecule has 0 saturated heterocycles. The minimum atomic E-state index is 0.498. The predicted molar refractivity (Wildman–Crippen MR) is 83.9 cm³/mol. The number of nitroso groups, excluding NO2 is 1. The average molecular weight is 293 g/mol. The van der Waals surface area contributed by atoms with E-state index >= 15 is 0 Å². The zero-order valence-electron chi connectivity index (χ0n) is 13.5. The van der Waals surface area contributed by atoms with Crippen molar-refractivity contribution >= 4 is 11.4 Å². The summed E-state index contributed by atoms with van der Waals surface area (Å²) in [7, 11) is 2.80. The van der Waals surface area contributed by atoms with Gasteiger partial charge in [0.05, 0.1) is 0 Å². The number of aliphatic imine (C=N–C) groups is 1. The Kier molecular flexibility index (Phi) is 6.42. The van der Waals surface area contributed by atoms with E-state index in [9.17, 15) is 4.91 Å². The van der Waals surface area contributed by atoms with E-state index in [0.29, 0.717) is 12.2 Å². The molecule has 0 spiro atoms. The minimum Gasteiger partial charge on any atom is -0.400 e. The molecule has 0 bridgehead atoms. The van der Waals surface area contributed by atoms with Crippen molar-refractivity contribution in [3.63, 3.8) is 0 Å². The number of aryl methyl sites for hydroxylation is 1. The van der Waals surface area contributed by atoms with Gasteiger partial charge in [0.25, 0.3) is 0 Å². The van der Waals surface area contributed by atoms with Crippen molar-refractivity contribution < 1.29 is 9.79 Å². The second-order valence-corrected chi connectivity index (χ2v) is 5.23. The lowest BCUT2D eigenvalue weighted by molar-refractivity contribution is -0.741. The van der Waals surface area contributed by atoms with Crippen LogP contribution in [0.4, 0.5) is 5.69 Å². The van der Waals surface area contributed by atoms with Crippen LogP contribution >= 0.6 is 0 Å². The Morgan fingerprint density at radius 1 is 1.43 bits per heavy atom. The van der Waals surface area contributed by atoms with Crippen LogP contribution in [-0.2, 0) is 6.54 Å². The molecule has 1 fully saturated rings. The Labute approximate surface area is 125 Å². The fourth-order valence-corrected chi connectivity index (χ4v) is 2.29. The fourth-order valence-electron chi connectivity index (χ4n) is 2.29. The molecule has 0 amide bonds. The van der Waals surface area contributed by atoms with E-state index < -0.39 is 0 Å². The first kappa shape index (κ1) is 17.2. The topological polar surface area (TPSA) is 81.7 Å². The summed E-state index contributed by atoms with van der Waals surface area (Å²) in [4.78, 5) is 15.1.